The fourth-order valence-electron chi connectivity index (χ4n) is 4.13. The molecule has 1 aliphatic rings. The van der Waals surface area contributed by atoms with Gasteiger partial charge in [-0.1, -0.05) is 23.4 Å². The molecular weight excluding hydrogens is 392 g/mol. The second kappa shape index (κ2) is 7.67. The summed E-state index contributed by atoms with van der Waals surface area (Å²) < 4.78 is 7.80. The number of fused-ring (bicyclic) bond motifs is 1. The number of nitrogens with zero attached hydrogens (tertiary/aromatic N) is 4. The molecule has 0 atom stereocenters. The van der Waals surface area contributed by atoms with Gasteiger partial charge in [0.25, 0.3) is 5.89 Å². The number of aromatic nitrogens is 3. The second-order valence-electron chi connectivity index (χ2n) is 8.44. The molecule has 7 nitrogen and oxygen atoms in total. The van der Waals surface area contributed by atoms with Gasteiger partial charge in [-0.05, 0) is 49.7 Å². The van der Waals surface area contributed by atoms with Crippen molar-refractivity contribution in [3.05, 3.63) is 60.3 Å². The first-order chi connectivity index (χ1) is 15.0. The van der Waals surface area contributed by atoms with Gasteiger partial charge in [-0.15, -0.1) is 0 Å². The molecule has 1 saturated heterocycles. The molecule has 0 unspecified atom stereocenters. The number of carboxylic acids is 1. The third kappa shape index (κ3) is 3.72. The molecule has 1 N–H and O–H groups in total. The predicted molar refractivity (Wildman–Crippen MR) is 117 cm³/mol. The second-order valence-corrected chi connectivity index (χ2v) is 8.44. The van der Waals surface area contributed by atoms with Gasteiger partial charge >= 0.3 is 5.97 Å². The maximum absolute atomic E-state index is 11.0. The Morgan fingerprint density at radius 3 is 2.77 bits per heavy atom. The standard InChI is InChI=1S/C24H24N4O3/c1-15(2)28-9-8-17-11-19(6-7-21(17)28)23-25-22(26-31-23)18-5-3-4-16(10-18)12-27-13-20(14-27)24(29)30/h3-11,15,20H,12-14H2,1-2H3,(H,29,30). The number of aliphatic carboxylic acids is 1. The van der Waals surface area contributed by atoms with E-state index in [0.717, 1.165) is 22.1 Å². The monoisotopic (exact) mass is 416 g/mol. The van der Waals surface area contributed by atoms with Crippen LogP contribution in [0.15, 0.2) is 59.3 Å². The normalized spacial score (nSPS) is 14.9. The Kier molecular flexibility index (Phi) is 4.82. The summed E-state index contributed by atoms with van der Waals surface area (Å²) in [6.07, 6.45) is 2.10. The van der Waals surface area contributed by atoms with Gasteiger partial charge in [0.2, 0.25) is 5.82 Å². The molecule has 0 spiro atoms. The minimum Gasteiger partial charge on any atom is -0.481 e. The molecule has 4 aromatic rings. The van der Waals surface area contributed by atoms with Crippen LogP contribution in [0.4, 0.5) is 0 Å². The van der Waals surface area contributed by atoms with E-state index in [4.69, 9.17) is 9.63 Å². The van der Waals surface area contributed by atoms with Crippen LogP contribution in [0.25, 0.3) is 33.7 Å². The highest BCUT2D eigenvalue weighted by atomic mass is 16.5. The van der Waals surface area contributed by atoms with E-state index >= 15 is 0 Å². The lowest BCUT2D eigenvalue weighted by Gasteiger charge is -2.36. The predicted octanol–water partition coefficient (Wildman–Crippen LogP) is 4.46. The van der Waals surface area contributed by atoms with Crippen molar-refractivity contribution in [2.24, 2.45) is 5.92 Å². The summed E-state index contributed by atoms with van der Waals surface area (Å²) in [5, 5.41) is 14.4. The number of likely N-dealkylation sites (tertiary alicyclic amines) is 1. The van der Waals surface area contributed by atoms with Crippen LogP contribution in [0.1, 0.15) is 25.5 Å². The average Bonchev–Trinajstić information content (AvgIpc) is 3.37. The summed E-state index contributed by atoms with van der Waals surface area (Å²) in [5.41, 5.74) is 4.06. The van der Waals surface area contributed by atoms with Gasteiger partial charge in [-0.25, -0.2) is 0 Å². The van der Waals surface area contributed by atoms with E-state index in [-0.39, 0.29) is 5.92 Å². The Bertz CT molecular complexity index is 1250. The highest BCUT2D eigenvalue weighted by Gasteiger charge is 2.32. The highest BCUT2D eigenvalue weighted by molar-refractivity contribution is 5.84. The van der Waals surface area contributed by atoms with Gasteiger partial charge in [0.1, 0.15) is 0 Å². The summed E-state index contributed by atoms with van der Waals surface area (Å²) in [6, 6.07) is 16.7. The molecule has 1 fully saturated rings. The van der Waals surface area contributed by atoms with Crippen LogP contribution in [-0.4, -0.2) is 43.8 Å². The van der Waals surface area contributed by atoms with Gasteiger partial charge in [0, 0.05) is 53.9 Å². The Hall–Kier alpha value is -3.45. The van der Waals surface area contributed by atoms with Crippen molar-refractivity contribution in [3.63, 3.8) is 0 Å². The lowest BCUT2D eigenvalue weighted by atomic mass is 9.99. The lowest BCUT2D eigenvalue weighted by molar-refractivity contribution is -0.147. The van der Waals surface area contributed by atoms with Crippen LogP contribution >= 0.6 is 0 Å². The molecule has 0 radical (unpaired) electrons. The Morgan fingerprint density at radius 2 is 2.00 bits per heavy atom. The number of rotatable bonds is 6. The third-order valence-corrected chi connectivity index (χ3v) is 5.85. The fourth-order valence-corrected chi connectivity index (χ4v) is 4.13. The smallest absolute Gasteiger partial charge is 0.309 e. The summed E-state index contributed by atoms with van der Waals surface area (Å²) in [4.78, 5) is 17.7. The zero-order chi connectivity index (χ0) is 21.5. The molecule has 2 aromatic carbocycles. The minimum atomic E-state index is -0.719. The van der Waals surface area contributed by atoms with E-state index in [1.165, 1.54) is 5.52 Å². The molecule has 0 amide bonds. The summed E-state index contributed by atoms with van der Waals surface area (Å²) >= 11 is 0. The van der Waals surface area contributed by atoms with Gasteiger partial charge in [-0.3, -0.25) is 9.69 Å². The summed E-state index contributed by atoms with van der Waals surface area (Å²) in [5.74, 6) is 0.0661. The Labute approximate surface area is 179 Å². The summed E-state index contributed by atoms with van der Waals surface area (Å²) in [7, 11) is 0. The van der Waals surface area contributed by atoms with Gasteiger partial charge in [0.15, 0.2) is 0 Å². The zero-order valence-corrected chi connectivity index (χ0v) is 17.5. The fraction of sp³-hybridized carbons (Fsp3) is 0.292. The zero-order valence-electron chi connectivity index (χ0n) is 17.5. The van der Waals surface area contributed by atoms with Crippen molar-refractivity contribution in [1.82, 2.24) is 19.6 Å². The SMILES string of the molecule is CC(C)n1ccc2cc(-c3nc(-c4cccc(CN5CC(C(=O)O)C5)c4)no3)ccc21. The third-order valence-electron chi connectivity index (χ3n) is 5.85. The van der Waals surface area contributed by atoms with Crippen molar-refractivity contribution in [2.75, 3.05) is 13.1 Å². The molecule has 158 valence electrons. The van der Waals surface area contributed by atoms with Crippen molar-refractivity contribution >= 4 is 16.9 Å². The van der Waals surface area contributed by atoms with Crippen molar-refractivity contribution in [2.45, 2.75) is 26.4 Å². The van der Waals surface area contributed by atoms with Gasteiger partial charge < -0.3 is 14.2 Å². The number of carbonyl (C=O) groups is 1. The molecule has 31 heavy (non-hydrogen) atoms. The quantitative estimate of drug-likeness (QED) is 0.500. The van der Waals surface area contributed by atoms with E-state index in [2.05, 4.69) is 57.9 Å². The molecule has 2 aromatic heterocycles. The molecule has 0 bridgehead atoms. The summed E-state index contributed by atoms with van der Waals surface area (Å²) in [6.45, 7) is 6.22. The first-order valence-corrected chi connectivity index (χ1v) is 10.5. The van der Waals surface area contributed by atoms with Crippen molar-refractivity contribution in [3.8, 4) is 22.8 Å². The maximum atomic E-state index is 11.0. The number of hydrogen-bond donors (Lipinski definition) is 1. The first-order valence-electron chi connectivity index (χ1n) is 10.5. The molecule has 3 heterocycles. The Balaban J connectivity index is 1.35. The van der Waals surface area contributed by atoms with E-state index in [1.54, 1.807) is 0 Å². The van der Waals surface area contributed by atoms with Crippen molar-refractivity contribution in [1.29, 1.82) is 0 Å². The number of hydrogen-bond acceptors (Lipinski definition) is 5. The van der Waals surface area contributed by atoms with E-state index < -0.39 is 5.97 Å². The molecule has 0 aliphatic carbocycles. The van der Waals surface area contributed by atoms with Gasteiger partial charge in [-0.2, -0.15) is 4.98 Å². The van der Waals surface area contributed by atoms with Crippen molar-refractivity contribution < 1.29 is 14.4 Å². The Morgan fingerprint density at radius 1 is 1.16 bits per heavy atom. The average molecular weight is 416 g/mol. The van der Waals surface area contributed by atoms with E-state index in [1.807, 2.05) is 30.3 Å². The van der Waals surface area contributed by atoms with E-state index in [0.29, 0.717) is 37.4 Å². The minimum absolute atomic E-state index is 0.252. The van der Waals surface area contributed by atoms with Crippen LogP contribution in [0.2, 0.25) is 0 Å². The lowest BCUT2D eigenvalue weighted by Crippen LogP contribution is -2.49. The molecule has 7 heteroatoms. The first kappa shape index (κ1) is 19.5. The molecule has 0 saturated carbocycles. The van der Waals surface area contributed by atoms with Crippen LogP contribution in [-0.2, 0) is 11.3 Å². The van der Waals surface area contributed by atoms with Gasteiger partial charge in [0.05, 0.1) is 5.92 Å². The molecule has 1 aliphatic heterocycles. The molecule has 5 rings (SSSR count). The van der Waals surface area contributed by atoms with Crippen LogP contribution in [0.5, 0.6) is 0 Å². The van der Waals surface area contributed by atoms with Crippen LogP contribution in [0, 0.1) is 5.92 Å². The van der Waals surface area contributed by atoms with Crippen LogP contribution < -0.4 is 0 Å². The number of carboxylic acid groups (broad SMARTS) is 1. The van der Waals surface area contributed by atoms with Crippen LogP contribution in [0.3, 0.4) is 0 Å². The maximum Gasteiger partial charge on any atom is 0.309 e. The number of benzene rings is 2. The van der Waals surface area contributed by atoms with E-state index in [9.17, 15) is 4.79 Å². The largest absolute Gasteiger partial charge is 0.481 e. The highest BCUT2D eigenvalue weighted by Crippen LogP contribution is 2.28. The molecular formula is C24H24N4O3. The topological polar surface area (TPSA) is 84.4 Å².